The first-order valence-corrected chi connectivity index (χ1v) is 9.85. The SMILES string of the molecule is Cc1ccc(C2CC(c3ccc(Br)cc3)=NN2c2ncc(Br)cn2)cc1. The molecule has 3 aromatic rings. The van der Waals surface area contributed by atoms with Gasteiger partial charge in [-0.15, -0.1) is 0 Å². The first-order valence-electron chi connectivity index (χ1n) is 8.27. The van der Waals surface area contributed by atoms with Crippen molar-refractivity contribution in [1.29, 1.82) is 0 Å². The van der Waals surface area contributed by atoms with Gasteiger partial charge in [-0.3, -0.25) is 0 Å². The molecule has 0 N–H and O–H groups in total. The zero-order chi connectivity index (χ0) is 18.1. The largest absolute Gasteiger partial charge is 0.246 e. The summed E-state index contributed by atoms with van der Waals surface area (Å²) in [6.45, 7) is 2.10. The van der Waals surface area contributed by atoms with Crippen molar-refractivity contribution >= 4 is 43.5 Å². The lowest BCUT2D eigenvalue weighted by molar-refractivity contribution is 0.686. The number of halogens is 2. The van der Waals surface area contributed by atoms with Gasteiger partial charge in [0.25, 0.3) is 0 Å². The van der Waals surface area contributed by atoms with E-state index in [9.17, 15) is 0 Å². The van der Waals surface area contributed by atoms with Crippen LogP contribution in [0.1, 0.15) is 29.2 Å². The van der Waals surface area contributed by atoms with Gasteiger partial charge in [-0.2, -0.15) is 5.10 Å². The van der Waals surface area contributed by atoms with Crippen LogP contribution in [0.25, 0.3) is 0 Å². The molecule has 1 unspecified atom stereocenters. The first kappa shape index (κ1) is 17.4. The van der Waals surface area contributed by atoms with Crippen LogP contribution in [0.3, 0.4) is 0 Å². The molecular weight excluding hydrogens is 456 g/mol. The van der Waals surface area contributed by atoms with Crippen molar-refractivity contribution in [2.75, 3.05) is 5.01 Å². The summed E-state index contributed by atoms with van der Waals surface area (Å²) in [5.74, 6) is 0.603. The lowest BCUT2D eigenvalue weighted by Gasteiger charge is -2.21. The number of anilines is 1. The van der Waals surface area contributed by atoms with E-state index in [-0.39, 0.29) is 6.04 Å². The Morgan fingerprint density at radius 3 is 2.19 bits per heavy atom. The lowest BCUT2D eigenvalue weighted by Crippen LogP contribution is -2.20. The van der Waals surface area contributed by atoms with Crippen LogP contribution in [0.2, 0.25) is 0 Å². The van der Waals surface area contributed by atoms with E-state index in [1.807, 2.05) is 17.1 Å². The maximum Gasteiger partial charge on any atom is 0.246 e. The van der Waals surface area contributed by atoms with Crippen molar-refractivity contribution in [2.24, 2.45) is 5.10 Å². The molecule has 4 rings (SSSR count). The predicted octanol–water partition coefficient (Wildman–Crippen LogP) is 5.67. The highest BCUT2D eigenvalue weighted by Gasteiger charge is 2.31. The molecule has 0 amide bonds. The van der Waals surface area contributed by atoms with Crippen LogP contribution < -0.4 is 5.01 Å². The summed E-state index contributed by atoms with van der Waals surface area (Å²) in [6.07, 6.45) is 4.31. The normalized spacial score (nSPS) is 16.7. The van der Waals surface area contributed by atoms with Gasteiger partial charge >= 0.3 is 0 Å². The topological polar surface area (TPSA) is 41.4 Å². The monoisotopic (exact) mass is 470 g/mol. The predicted molar refractivity (Wildman–Crippen MR) is 111 cm³/mol. The van der Waals surface area contributed by atoms with Crippen LogP contribution in [0.4, 0.5) is 5.95 Å². The van der Waals surface area contributed by atoms with Crippen molar-refractivity contribution in [2.45, 2.75) is 19.4 Å². The molecule has 1 aliphatic heterocycles. The Morgan fingerprint density at radius 1 is 0.885 bits per heavy atom. The van der Waals surface area contributed by atoms with Crippen molar-refractivity contribution in [3.63, 3.8) is 0 Å². The minimum Gasteiger partial charge on any atom is -0.223 e. The zero-order valence-electron chi connectivity index (χ0n) is 14.1. The van der Waals surface area contributed by atoms with Crippen LogP contribution in [0.5, 0.6) is 0 Å². The summed E-state index contributed by atoms with van der Waals surface area (Å²) in [4.78, 5) is 8.90. The number of aryl methyl sites for hydroxylation is 1. The summed E-state index contributed by atoms with van der Waals surface area (Å²) in [6, 6.07) is 16.9. The molecule has 1 aliphatic rings. The fraction of sp³-hybridized carbons (Fsp3) is 0.150. The average Bonchev–Trinajstić information content (AvgIpc) is 3.09. The Hall–Kier alpha value is -2.05. The zero-order valence-corrected chi connectivity index (χ0v) is 17.3. The van der Waals surface area contributed by atoms with E-state index in [1.54, 1.807) is 12.4 Å². The lowest BCUT2D eigenvalue weighted by atomic mass is 9.98. The summed E-state index contributed by atoms with van der Waals surface area (Å²) in [7, 11) is 0. The number of hydrogen-bond acceptors (Lipinski definition) is 4. The molecule has 2 heterocycles. The van der Waals surface area contributed by atoms with Crippen molar-refractivity contribution in [3.05, 3.63) is 86.6 Å². The van der Waals surface area contributed by atoms with Crippen molar-refractivity contribution < 1.29 is 0 Å². The van der Waals surface area contributed by atoms with Gasteiger partial charge in [-0.25, -0.2) is 15.0 Å². The minimum absolute atomic E-state index is 0.0791. The van der Waals surface area contributed by atoms with Gasteiger partial charge in [0.05, 0.1) is 16.2 Å². The van der Waals surface area contributed by atoms with Crippen LogP contribution in [0, 0.1) is 6.92 Å². The second-order valence-corrected chi connectivity index (χ2v) is 8.06. The van der Waals surface area contributed by atoms with Gasteiger partial charge < -0.3 is 0 Å². The molecular formula is C20H16Br2N4. The molecule has 0 aliphatic carbocycles. The molecule has 0 saturated heterocycles. The van der Waals surface area contributed by atoms with E-state index in [0.29, 0.717) is 5.95 Å². The Kier molecular flexibility index (Phi) is 4.87. The maximum atomic E-state index is 4.86. The van der Waals surface area contributed by atoms with Crippen LogP contribution in [-0.2, 0) is 0 Å². The van der Waals surface area contributed by atoms with Crippen LogP contribution >= 0.6 is 31.9 Å². The van der Waals surface area contributed by atoms with Gasteiger partial charge in [-0.1, -0.05) is 57.9 Å². The summed E-state index contributed by atoms with van der Waals surface area (Å²) >= 11 is 6.88. The second-order valence-electron chi connectivity index (χ2n) is 6.23. The van der Waals surface area contributed by atoms with Gasteiger partial charge in [0.15, 0.2) is 0 Å². The Morgan fingerprint density at radius 2 is 1.54 bits per heavy atom. The number of rotatable bonds is 3. The number of aromatic nitrogens is 2. The Bertz CT molecular complexity index is 935. The molecule has 1 atom stereocenters. The highest BCUT2D eigenvalue weighted by Crippen LogP contribution is 2.35. The number of hydrogen-bond donors (Lipinski definition) is 0. The number of benzene rings is 2. The van der Waals surface area contributed by atoms with Crippen LogP contribution in [-0.4, -0.2) is 15.7 Å². The van der Waals surface area contributed by atoms with E-state index >= 15 is 0 Å². The van der Waals surface area contributed by atoms with Gasteiger partial charge in [0, 0.05) is 23.3 Å². The van der Waals surface area contributed by atoms with Crippen molar-refractivity contribution in [3.8, 4) is 0 Å². The smallest absolute Gasteiger partial charge is 0.223 e. The number of nitrogens with zero attached hydrogens (tertiary/aromatic N) is 4. The molecule has 2 aromatic carbocycles. The second kappa shape index (κ2) is 7.29. The molecule has 0 saturated carbocycles. The molecule has 4 nitrogen and oxygen atoms in total. The fourth-order valence-electron chi connectivity index (χ4n) is 2.98. The van der Waals surface area contributed by atoms with E-state index in [4.69, 9.17) is 5.10 Å². The molecule has 0 radical (unpaired) electrons. The fourth-order valence-corrected chi connectivity index (χ4v) is 3.45. The molecule has 26 heavy (non-hydrogen) atoms. The minimum atomic E-state index is 0.0791. The Balaban J connectivity index is 1.74. The highest BCUT2D eigenvalue weighted by atomic mass is 79.9. The standard InChI is InChI=1S/C20H16Br2N4/c1-13-2-4-15(5-3-13)19-10-18(14-6-8-16(21)9-7-14)25-26(19)20-23-11-17(22)12-24-20/h2-9,11-12,19H,10H2,1H3. The number of hydrazone groups is 1. The van der Waals surface area contributed by atoms with Crippen molar-refractivity contribution in [1.82, 2.24) is 9.97 Å². The molecule has 6 heteroatoms. The maximum absolute atomic E-state index is 4.86. The third-order valence-corrected chi connectivity index (χ3v) is 5.30. The van der Waals surface area contributed by atoms with E-state index < -0.39 is 0 Å². The molecule has 0 bridgehead atoms. The van der Waals surface area contributed by atoms with Gasteiger partial charge in [0.2, 0.25) is 5.95 Å². The average molecular weight is 472 g/mol. The first-order chi connectivity index (χ1) is 12.6. The summed E-state index contributed by atoms with van der Waals surface area (Å²) < 4.78 is 1.91. The van der Waals surface area contributed by atoms with E-state index in [0.717, 1.165) is 26.6 Å². The third kappa shape index (κ3) is 3.57. The molecule has 1 aromatic heterocycles. The molecule has 130 valence electrons. The van der Waals surface area contributed by atoms with Gasteiger partial charge in [-0.05, 0) is 46.1 Å². The van der Waals surface area contributed by atoms with Crippen LogP contribution in [0.15, 0.2) is 75.0 Å². The summed E-state index contributed by atoms with van der Waals surface area (Å²) in [5.41, 5.74) is 4.60. The Labute approximate surface area is 169 Å². The molecule has 0 spiro atoms. The highest BCUT2D eigenvalue weighted by molar-refractivity contribution is 9.10. The van der Waals surface area contributed by atoms with Gasteiger partial charge in [0.1, 0.15) is 0 Å². The van der Waals surface area contributed by atoms with E-state index in [1.165, 1.54) is 11.1 Å². The quantitative estimate of drug-likeness (QED) is 0.494. The summed E-state index contributed by atoms with van der Waals surface area (Å²) in [5, 5.41) is 6.79. The molecule has 0 fully saturated rings. The van der Waals surface area contributed by atoms with E-state index in [2.05, 4.69) is 85.1 Å². The third-order valence-electron chi connectivity index (χ3n) is 4.36.